The van der Waals surface area contributed by atoms with Crippen LogP contribution in [0.4, 0.5) is 0 Å². The number of esters is 1. The van der Waals surface area contributed by atoms with Crippen LogP contribution in [0.25, 0.3) is 0 Å². The molecule has 0 spiro atoms. The van der Waals surface area contributed by atoms with E-state index < -0.39 is 16.2 Å². The zero-order valence-electron chi connectivity index (χ0n) is 15.7. The molecule has 2 aromatic rings. The third kappa shape index (κ3) is 7.80. The average Bonchev–Trinajstić information content (AvgIpc) is 2.59. The number of ether oxygens (including phenoxy) is 1. The van der Waals surface area contributed by atoms with Gasteiger partial charge in [0, 0.05) is 6.54 Å². The first-order valence-electron chi connectivity index (χ1n) is 8.69. The lowest BCUT2D eigenvalue weighted by Crippen LogP contribution is -2.40. The Labute approximate surface area is 160 Å². The van der Waals surface area contributed by atoms with Crippen molar-refractivity contribution in [1.82, 2.24) is 5.32 Å². The topological polar surface area (TPSA) is 81.7 Å². The molecule has 0 aliphatic heterocycles. The third-order valence-corrected chi connectivity index (χ3v) is 4.14. The molecule has 2 aromatic carbocycles. The monoisotopic (exact) mass is 391 g/mol. The van der Waals surface area contributed by atoms with Gasteiger partial charge in [-0.05, 0) is 43.5 Å². The lowest BCUT2D eigenvalue weighted by molar-refractivity contribution is -0.150. The number of hydrogen-bond acceptors (Lipinski definition) is 6. The molecule has 0 heterocycles. The van der Waals surface area contributed by atoms with Crippen LogP contribution in [0.3, 0.4) is 0 Å². The van der Waals surface area contributed by atoms with Crippen molar-refractivity contribution >= 4 is 16.1 Å². The van der Waals surface area contributed by atoms with E-state index in [0.717, 1.165) is 17.4 Å². The molecule has 0 radical (unpaired) electrons. The zero-order chi connectivity index (χ0) is 19.9. The SMILES string of the molecule is CC(C)OC(=O)C(Cc1ccc(OS(C)(=O)=O)cc1)NCc1ccccc1. The summed E-state index contributed by atoms with van der Waals surface area (Å²) >= 11 is 0. The van der Waals surface area contributed by atoms with E-state index in [2.05, 4.69) is 5.32 Å². The molecule has 0 fully saturated rings. The predicted octanol–water partition coefficient (Wildman–Crippen LogP) is 2.68. The predicted molar refractivity (Wildman–Crippen MR) is 104 cm³/mol. The molecule has 0 bridgehead atoms. The molecule has 2 rings (SSSR count). The van der Waals surface area contributed by atoms with E-state index in [0.29, 0.717) is 13.0 Å². The van der Waals surface area contributed by atoms with Crippen LogP contribution in [0.2, 0.25) is 0 Å². The summed E-state index contributed by atoms with van der Waals surface area (Å²) in [5.41, 5.74) is 1.93. The van der Waals surface area contributed by atoms with Gasteiger partial charge in [0.1, 0.15) is 11.8 Å². The van der Waals surface area contributed by atoms with E-state index in [1.54, 1.807) is 24.3 Å². The summed E-state index contributed by atoms with van der Waals surface area (Å²) < 4.78 is 32.6. The first-order valence-corrected chi connectivity index (χ1v) is 10.5. The Kier molecular flexibility index (Phi) is 7.38. The Hall–Kier alpha value is -2.38. The van der Waals surface area contributed by atoms with E-state index >= 15 is 0 Å². The van der Waals surface area contributed by atoms with Crippen LogP contribution in [-0.4, -0.2) is 32.8 Å². The Morgan fingerprint density at radius 3 is 2.19 bits per heavy atom. The van der Waals surface area contributed by atoms with Gasteiger partial charge < -0.3 is 14.2 Å². The maximum Gasteiger partial charge on any atom is 0.323 e. The minimum atomic E-state index is -3.57. The van der Waals surface area contributed by atoms with Crippen molar-refractivity contribution in [2.75, 3.05) is 6.26 Å². The van der Waals surface area contributed by atoms with Crippen molar-refractivity contribution in [1.29, 1.82) is 0 Å². The van der Waals surface area contributed by atoms with Crippen molar-refractivity contribution in [3.8, 4) is 5.75 Å². The second-order valence-corrected chi connectivity index (χ2v) is 8.12. The van der Waals surface area contributed by atoms with Crippen LogP contribution in [0.15, 0.2) is 54.6 Å². The highest BCUT2D eigenvalue weighted by atomic mass is 32.2. The van der Waals surface area contributed by atoms with E-state index in [9.17, 15) is 13.2 Å². The fraction of sp³-hybridized carbons (Fsp3) is 0.350. The first-order chi connectivity index (χ1) is 12.7. The van der Waals surface area contributed by atoms with Gasteiger partial charge in [-0.25, -0.2) is 0 Å². The number of carbonyl (C=O) groups excluding carboxylic acids is 1. The van der Waals surface area contributed by atoms with Crippen molar-refractivity contribution in [3.05, 3.63) is 65.7 Å². The molecule has 146 valence electrons. The fourth-order valence-corrected chi connectivity index (χ4v) is 2.94. The van der Waals surface area contributed by atoms with Gasteiger partial charge in [0.25, 0.3) is 0 Å². The Balaban J connectivity index is 2.07. The smallest absolute Gasteiger partial charge is 0.323 e. The van der Waals surface area contributed by atoms with Gasteiger partial charge >= 0.3 is 16.1 Å². The number of carbonyl (C=O) groups is 1. The molecule has 1 N–H and O–H groups in total. The molecule has 27 heavy (non-hydrogen) atoms. The number of nitrogens with one attached hydrogen (secondary N) is 1. The molecule has 0 saturated carbocycles. The molecule has 0 aromatic heterocycles. The highest BCUT2D eigenvalue weighted by Gasteiger charge is 2.21. The largest absolute Gasteiger partial charge is 0.462 e. The lowest BCUT2D eigenvalue weighted by atomic mass is 10.1. The molecule has 1 unspecified atom stereocenters. The zero-order valence-corrected chi connectivity index (χ0v) is 16.5. The summed E-state index contributed by atoms with van der Waals surface area (Å²) in [7, 11) is -3.57. The van der Waals surface area contributed by atoms with Crippen LogP contribution in [0.1, 0.15) is 25.0 Å². The van der Waals surface area contributed by atoms with Gasteiger partial charge in [-0.2, -0.15) is 8.42 Å². The van der Waals surface area contributed by atoms with Crippen molar-refractivity contribution < 1.29 is 22.1 Å². The normalized spacial score (nSPS) is 12.6. The minimum absolute atomic E-state index is 0.205. The molecule has 0 amide bonds. The van der Waals surface area contributed by atoms with Crippen molar-refractivity contribution in [3.63, 3.8) is 0 Å². The van der Waals surface area contributed by atoms with Gasteiger partial charge in [-0.1, -0.05) is 42.5 Å². The van der Waals surface area contributed by atoms with Crippen LogP contribution in [-0.2, 0) is 32.6 Å². The molecular weight excluding hydrogens is 366 g/mol. The maximum absolute atomic E-state index is 12.4. The Morgan fingerprint density at radius 1 is 1.00 bits per heavy atom. The molecule has 0 saturated heterocycles. The quantitative estimate of drug-likeness (QED) is 0.523. The summed E-state index contributed by atoms with van der Waals surface area (Å²) in [4.78, 5) is 12.4. The summed E-state index contributed by atoms with van der Waals surface area (Å²) in [6.45, 7) is 4.15. The van der Waals surface area contributed by atoms with Gasteiger partial charge in [-0.3, -0.25) is 4.79 Å². The molecule has 7 heteroatoms. The highest BCUT2D eigenvalue weighted by molar-refractivity contribution is 7.86. The summed E-state index contributed by atoms with van der Waals surface area (Å²) in [5.74, 6) is -0.0859. The Morgan fingerprint density at radius 2 is 1.63 bits per heavy atom. The standard InChI is InChI=1S/C20H25NO5S/c1-15(2)25-20(22)19(21-14-17-7-5-4-6-8-17)13-16-9-11-18(12-10-16)26-27(3,23)24/h4-12,15,19,21H,13-14H2,1-3H3. The van der Waals surface area contributed by atoms with E-state index in [1.807, 2.05) is 44.2 Å². The van der Waals surface area contributed by atoms with Crippen molar-refractivity contribution in [2.45, 2.75) is 39.0 Å². The molecule has 0 aliphatic rings. The van der Waals surface area contributed by atoms with E-state index in [4.69, 9.17) is 8.92 Å². The van der Waals surface area contributed by atoms with Crippen LogP contribution in [0, 0.1) is 0 Å². The number of hydrogen-bond donors (Lipinski definition) is 1. The number of rotatable bonds is 9. The maximum atomic E-state index is 12.4. The molecule has 0 aliphatic carbocycles. The summed E-state index contributed by atoms with van der Waals surface area (Å²) in [5, 5.41) is 3.24. The lowest BCUT2D eigenvalue weighted by Gasteiger charge is -2.19. The van der Waals surface area contributed by atoms with Crippen LogP contribution >= 0.6 is 0 Å². The fourth-order valence-electron chi connectivity index (χ4n) is 2.48. The summed E-state index contributed by atoms with van der Waals surface area (Å²) in [6.07, 6.45) is 1.20. The van der Waals surface area contributed by atoms with Gasteiger partial charge in [0.05, 0.1) is 12.4 Å². The number of benzene rings is 2. The molecular formula is C20H25NO5S. The van der Waals surface area contributed by atoms with Gasteiger partial charge in [0.15, 0.2) is 0 Å². The first kappa shape index (κ1) is 20.9. The second-order valence-electron chi connectivity index (χ2n) is 6.54. The van der Waals surface area contributed by atoms with Gasteiger partial charge in [-0.15, -0.1) is 0 Å². The van der Waals surface area contributed by atoms with E-state index in [1.165, 1.54) is 0 Å². The van der Waals surface area contributed by atoms with Gasteiger partial charge in [0.2, 0.25) is 0 Å². The Bertz CT molecular complexity index is 832. The van der Waals surface area contributed by atoms with E-state index in [-0.39, 0.29) is 17.8 Å². The highest BCUT2D eigenvalue weighted by Crippen LogP contribution is 2.16. The summed E-state index contributed by atoms with van der Waals surface area (Å²) in [6, 6.07) is 15.9. The van der Waals surface area contributed by atoms with Crippen molar-refractivity contribution in [2.24, 2.45) is 0 Å². The molecule has 1 atom stereocenters. The second kappa shape index (κ2) is 9.53. The van der Waals surface area contributed by atoms with Crippen LogP contribution in [0.5, 0.6) is 5.75 Å². The van der Waals surface area contributed by atoms with Crippen LogP contribution < -0.4 is 9.50 Å². The average molecular weight is 391 g/mol. The minimum Gasteiger partial charge on any atom is -0.462 e. The third-order valence-electron chi connectivity index (χ3n) is 3.64. The molecule has 6 nitrogen and oxygen atoms in total.